The highest BCUT2D eigenvalue weighted by atomic mass is 16.5. The number of benzene rings is 2. The molecule has 0 saturated carbocycles. The number of nitrogens with zero attached hydrogens (tertiary/aromatic N) is 3. The van der Waals surface area contributed by atoms with Crippen LogP contribution in [0.1, 0.15) is 15.9 Å². The van der Waals surface area contributed by atoms with Gasteiger partial charge in [-0.3, -0.25) is 0 Å². The van der Waals surface area contributed by atoms with Gasteiger partial charge in [0.15, 0.2) is 5.82 Å². The molecule has 0 aliphatic heterocycles. The molecule has 2 aromatic carbocycles. The van der Waals surface area contributed by atoms with Crippen LogP contribution in [0.2, 0.25) is 0 Å². The molecule has 3 rings (SSSR count). The molecule has 0 saturated heterocycles. The second-order valence-corrected chi connectivity index (χ2v) is 5.89. The molecule has 0 amide bonds. The molecule has 3 aromatic rings. The standard InChI is InChI=1S/C20H21N5O3/c1-27-17-8-3-5-14(11-17)9-10-21-18-13-22-25-20(24-18)23-16-7-4-6-15(12-16)19(26)28-2/h3-8,11-13H,9-10H2,1-2H3,(H2,21,23,24,25). The Bertz CT molecular complexity index is 948. The number of nitrogens with one attached hydrogen (secondary N) is 2. The zero-order chi connectivity index (χ0) is 19.8. The van der Waals surface area contributed by atoms with Gasteiger partial charge in [0.1, 0.15) is 5.75 Å². The molecule has 0 unspecified atom stereocenters. The maximum Gasteiger partial charge on any atom is 0.337 e. The monoisotopic (exact) mass is 379 g/mol. The maximum absolute atomic E-state index is 11.6. The van der Waals surface area contributed by atoms with Crippen molar-refractivity contribution in [1.82, 2.24) is 15.2 Å². The van der Waals surface area contributed by atoms with E-state index in [0.29, 0.717) is 29.6 Å². The molecule has 0 fully saturated rings. The van der Waals surface area contributed by atoms with Crippen LogP contribution in [0.25, 0.3) is 0 Å². The summed E-state index contributed by atoms with van der Waals surface area (Å²) in [6.07, 6.45) is 2.37. The number of esters is 1. The van der Waals surface area contributed by atoms with Crippen LogP contribution in [0.3, 0.4) is 0 Å². The van der Waals surface area contributed by atoms with Crippen LogP contribution in [-0.2, 0) is 11.2 Å². The summed E-state index contributed by atoms with van der Waals surface area (Å²) in [4.78, 5) is 16.0. The first kappa shape index (κ1) is 19.1. The third-order valence-electron chi connectivity index (χ3n) is 3.95. The molecule has 28 heavy (non-hydrogen) atoms. The summed E-state index contributed by atoms with van der Waals surface area (Å²) in [6.45, 7) is 0.684. The van der Waals surface area contributed by atoms with E-state index in [1.54, 1.807) is 37.6 Å². The summed E-state index contributed by atoms with van der Waals surface area (Å²) >= 11 is 0. The van der Waals surface area contributed by atoms with Gasteiger partial charge in [0.2, 0.25) is 5.95 Å². The fourth-order valence-electron chi connectivity index (χ4n) is 2.58. The Hall–Kier alpha value is -3.68. The van der Waals surface area contributed by atoms with E-state index in [9.17, 15) is 4.79 Å². The Kier molecular flexibility index (Phi) is 6.35. The lowest BCUT2D eigenvalue weighted by Crippen LogP contribution is -2.09. The average Bonchev–Trinajstić information content (AvgIpc) is 2.74. The van der Waals surface area contributed by atoms with Crippen molar-refractivity contribution in [2.45, 2.75) is 6.42 Å². The van der Waals surface area contributed by atoms with Gasteiger partial charge >= 0.3 is 5.97 Å². The van der Waals surface area contributed by atoms with E-state index in [4.69, 9.17) is 9.47 Å². The molecule has 8 nitrogen and oxygen atoms in total. The molecule has 2 N–H and O–H groups in total. The number of anilines is 3. The lowest BCUT2D eigenvalue weighted by molar-refractivity contribution is 0.0601. The van der Waals surface area contributed by atoms with Crippen LogP contribution in [-0.4, -0.2) is 41.9 Å². The van der Waals surface area contributed by atoms with Crippen LogP contribution in [0, 0.1) is 0 Å². The van der Waals surface area contributed by atoms with Gasteiger partial charge in [0.05, 0.1) is 26.0 Å². The van der Waals surface area contributed by atoms with E-state index in [0.717, 1.165) is 17.7 Å². The molecule has 1 aromatic heterocycles. The largest absolute Gasteiger partial charge is 0.497 e. The molecule has 0 bridgehead atoms. The zero-order valence-corrected chi connectivity index (χ0v) is 15.7. The Morgan fingerprint density at radius 2 is 1.96 bits per heavy atom. The van der Waals surface area contributed by atoms with Crippen molar-refractivity contribution in [3.63, 3.8) is 0 Å². The van der Waals surface area contributed by atoms with Crippen LogP contribution >= 0.6 is 0 Å². The summed E-state index contributed by atoms with van der Waals surface area (Å²) in [5.41, 5.74) is 2.26. The summed E-state index contributed by atoms with van der Waals surface area (Å²) in [6, 6.07) is 14.8. The van der Waals surface area contributed by atoms with Crippen molar-refractivity contribution in [1.29, 1.82) is 0 Å². The van der Waals surface area contributed by atoms with Crippen molar-refractivity contribution in [2.75, 3.05) is 31.4 Å². The van der Waals surface area contributed by atoms with Crippen molar-refractivity contribution in [2.24, 2.45) is 0 Å². The molecule has 0 atom stereocenters. The van der Waals surface area contributed by atoms with Crippen LogP contribution in [0.4, 0.5) is 17.5 Å². The summed E-state index contributed by atoms with van der Waals surface area (Å²) < 4.78 is 9.96. The molecular formula is C20H21N5O3. The Morgan fingerprint density at radius 3 is 2.79 bits per heavy atom. The van der Waals surface area contributed by atoms with Crippen LogP contribution in [0.15, 0.2) is 54.7 Å². The minimum Gasteiger partial charge on any atom is -0.497 e. The number of ether oxygens (including phenoxy) is 2. The number of carbonyl (C=O) groups excluding carboxylic acids is 1. The van der Waals surface area contributed by atoms with Gasteiger partial charge in [-0.05, 0) is 42.3 Å². The van der Waals surface area contributed by atoms with Crippen molar-refractivity contribution in [3.8, 4) is 5.75 Å². The first-order valence-electron chi connectivity index (χ1n) is 8.70. The third kappa shape index (κ3) is 5.16. The van der Waals surface area contributed by atoms with Crippen LogP contribution in [0.5, 0.6) is 5.75 Å². The first-order chi connectivity index (χ1) is 13.7. The number of carbonyl (C=O) groups is 1. The summed E-state index contributed by atoms with van der Waals surface area (Å²) in [5, 5.41) is 14.2. The third-order valence-corrected chi connectivity index (χ3v) is 3.95. The average molecular weight is 379 g/mol. The number of hydrogen-bond donors (Lipinski definition) is 2. The van der Waals surface area contributed by atoms with Gasteiger partial charge in [-0.15, -0.1) is 5.10 Å². The smallest absolute Gasteiger partial charge is 0.337 e. The SMILES string of the molecule is COC(=O)c1cccc(Nc2nncc(NCCc3cccc(OC)c3)n2)c1. The fourth-order valence-corrected chi connectivity index (χ4v) is 2.58. The van der Waals surface area contributed by atoms with Gasteiger partial charge in [-0.1, -0.05) is 18.2 Å². The highest BCUT2D eigenvalue weighted by molar-refractivity contribution is 5.90. The van der Waals surface area contributed by atoms with E-state index < -0.39 is 5.97 Å². The molecule has 8 heteroatoms. The molecule has 0 radical (unpaired) electrons. The molecule has 0 aliphatic rings. The van der Waals surface area contributed by atoms with E-state index in [1.807, 2.05) is 24.3 Å². The Morgan fingerprint density at radius 1 is 1.11 bits per heavy atom. The Balaban J connectivity index is 1.60. The van der Waals surface area contributed by atoms with Crippen LogP contribution < -0.4 is 15.4 Å². The van der Waals surface area contributed by atoms with E-state index in [-0.39, 0.29) is 0 Å². The number of rotatable bonds is 8. The van der Waals surface area contributed by atoms with Gasteiger partial charge in [0.25, 0.3) is 0 Å². The molecule has 0 spiro atoms. The topological polar surface area (TPSA) is 98.3 Å². The zero-order valence-electron chi connectivity index (χ0n) is 15.7. The fraction of sp³-hybridized carbons (Fsp3) is 0.200. The van der Waals surface area contributed by atoms with Gasteiger partial charge in [-0.25, -0.2) is 4.79 Å². The number of hydrogen-bond acceptors (Lipinski definition) is 8. The maximum atomic E-state index is 11.6. The first-order valence-corrected chi connectivity index (χ1v) is 8.70. The molecular weight excluding hydrogens is 358 g/mol. The summed E-state index contributed by atoms with van der Waals surface area (Å²) in [5.74, 6) is 1.36. The normalized spacial score (nSPS) is 10.2. The minimum atomic E-state index is -0.407. The molecule has 144 valence electrons. The molecule has 0 aliphatic carbocycles. The van der Waals surface area contributed by atoms with Gasteiger partial charge < -0.3 is 20.1 Å². The second-order valence-electron chi connectivity index (χ2n) is 5.89. The number of methoxy groups -OCH3 is 2. The molecule has 1 heterocycles. The van der Waals surface area contributed by atoms with E-state index in [1.165, 1.54) is 7.11 Å². The van der Waals surface area contributed by atoms with Crippen molar-refractivity contribution < 1.29 is 14.3 Å². The Labute approximate surface area is 162 Å². The second kappa shape index (κ2) is 9.31. The highest BCUT2D eigenvalue weighted by Crippen LogP contribution is 2.16. The highest BCUT2D eigenvalue weighted by Gasteiger charge is 2.07. The quantitative estimate of drug-likeness (QED) is 0.576. The minimum absolute atomic E-state index is 0.327. The number of aromatic nitrogens is 3. The van der Waals surface area contributed by atoms with E-state index in [2.05, 4.69) is 25.8 Å². The van der Waals surface area contributed by atoms with Crippen molar-refractivity contribution in [3.05, 3.63) is 65.9 Å². The predicted octanol–water partition coefficient (Wildman–Crippen LogP) is 3.07. The van der Waals surface area contributed by atoms with E-state index >= 15 is 0 Å². The van der Waals surface area contributed by atoms with Gasteiger partial charge in [0, 0.05) is 12.2 Å². The summed E-state index contributed by atoms with van der Waals surface area (Å²) in [7, 11) is 3.00. The predicted molar refractivity (Wildman–Crippen MR) is 106 cm³/mol. The lowest BCUT2D eigenvalue weighted by Gasteiger charge is -2.09. The van der Waals surface area contributed by atoms with Crippen molar-refractivity contribution >= 4 is 23.4 Å². The van der Waals surface area contributed by atoms with Gasteiger partial charge in [-0.2, -0.15) is 10.1 Å². The lowest BCUT2D eigenvalue weighted by atomic mass is 10.1.